The fraction of sp³-hybridized carbons (Fsp3) is 0.333. The van der Waals surface area contributed by atoms with Crippen LogP contribution in [0.25, 0.3) is 11.1 Å². The standard InChI is InChI=1S/C21H24N4O7S/c1-20(2)18(27)25(19(28)24(20)3)12-21(29,17(26)23-30)13-33(31,32)16-6-4-14(5-7-16)15-8-10-22-11-9-15/h4-11,29-30H,12-13H2,1-3H3,(H,23,26). The van der Waals surface area contributed by atoms with Crippen LogP contribution < -0.4 is 5.48 Å². The average Bonchev–Trinajstić information content (AvgIpc) is 2.93. The van der Waals surface area contributed by atoms with Gasteiger partial charge in [-0.15, -0.1) is 0 Å². The number of benzene rings is 1. The van der Waals surface area contributed by atoms with Gasteiger partial charge in [0.1, 0.15) is 5.54 Å². The van der Waals surface area contributed by atoms with Crippen molar-refractivity contribution < 1.29 is 33.1 Å². The molecule has 1 aliphatic heterocycles. The number of carbonyl (C=O) groups excluding carboxylic acids is 3. The lowest BCUT2D eigenvalue weighted by atomic mass is 10.0. The molecule has 1 aromatic carbocycles. The zero-order valence-electron chi connectivity index (χ0n) is 18.2. The Kier molecular flexibility index (Phi) is 6.29. The van der Waals surface area contributed by atoms with Crippen LogP contribution in [0.1, 0.15) is 13.8 Å². The van der Waals surface area contributed by atoms with Crippen LogP contribution in [0.3, 0.4) is 0 Å². The minimum Gasteiger partial charge on any atom is -0.377 e. The number of β-amino-alcohol motifs (C(OH)–C–C–N with tert-alkyl or cyclic N) is 1. The summed E-state index contributed by atoms with van der Waals surface area (Å²) in [6, 6.07) is 8.41. The van der Waals surface area contributed by atoms with Crippen molar-refractivity contribution in [3.05, 3.63) is 48.8 Å². The number of pyridine rings is 1. The molecule has 11 nitrogen and oxygen atoms in total. The second-order valence-corrected chi connectivity index (χ2v) is 10.3. The fourth-order valence-corrected chi connectivity index (χ4v) is 5.03. The Morgan fingerprint density at radius 3 is 2.12 bits per heavy atom. The summed E-state index contributed by atoms with van der Waals surface area (Å²) >= 11 is 0. The molecule has 1 saturated heterocycles. The highest BCUT2D eigenvalue weighted by atomic mass is 32.2. The number of sulfone groups is 1. The third kappa shape index (κ3) is 4.45. The van der Waals surface area contributed by atoms with E-state index in [2.05, 4.69) is 4.98 Å². The number of nitrogens with one attached hydrogen (secondary N) is 1. The molecule has 0 aliphatic carbocycles. The van der Waals surface area contributed by atoms with Gasteiger partial charge in [-0.05, 0) is 49.2 Å². The molecule has 12 heteroatoms. The highest BCUT2D eigenvalue weighted by Crippen LogP contribution is 2.29. The number of aliphatic hydroxyl groups is 1. The monoisotopic (exact) mass is 476 g/mol. The summed E-state index contributed by atoms with van der Waals surface area (Å²) < 4.78 is 26.0. The molecule has 2 aromatic rings. The van der Waals surface area contributed by atoms with Crippen molar-refractivity contribution >= 4 is 27.7 Å². The van der Waals surface area contributed by atoms with Crippen molar-refractivity contribution in [2.45, 2.75) is 29.9 Å². The van der Waals surface area contributed by atoms with Crippen LogP contribution in [0, 0.1) is 0 Å². The van der Waals surface area contributed by atoms with E-state index in [9.17, 15) is 27.9 Å². The van der Waals surface area contributed by atoms with Crippen LogP contribution >= 0.6 is 0 Å². The lowest BCUT2D eigenvalue weighted by Gasteiger charge is -2.29. The molecule has 1 fully saturated rings. The molecular formula is C21H24N4O7S. The van der Waals surface area contributed by atoms with E-state index >= 15 is 0 Å². The summed E-state index contributed by atoms with van der Waals surface area (Å²) in [5, 5.41) is 20.0. The summed E-state index contributed by atoms with van der Waals surface area (Å²) in [5.74, 6) is -3.37. The molecule has 0 radical (unpaired) electrons. The molecule has 33 heavy (non-hydrogen) atoms. The number of hydrogen-bond acceptors (Lipinski definition) is 8. The number of likely N-dealkylation sites (N-methyl/N-ethyl adjacent to an activating group) is 1. The summed E-state index contributed by atoms with van der Waals surface area (Å²) in [6.45, 7) is 1.98. The number of rotatable bonds is 7. The lowest BCUT2D eigenvalue weighted by molar-refractivity contribution is -0.149. The number of aromatic nitrogens is 1. The number of amides is 4. The predicted octanol–water partition coefficient (Wildman–Crippen LogP) is 0.431. The zero-order valence-corrected chi connectivity index (χ0v) is 19.0. The van der Waals surface area contributed by atoms with E-state index < -0.39 is 51.1 Å². The molecule has 1 atom stereocenters. The first kappa shape index (κ1) is 24.3. The quantitative estimate of drug-likeness (QED) is 0.295. The molecule has 0 bridgehead atoms. The van der Waals surface area contributed by atoms with Gasteiger partial charge in [-0.1, -0.05) is 12.1 Å². The van der Waals surface area contributed by atoms with Crippen molar-refractivity contribution in [2.24, 2.45) is 0 Å². The summed E-state index contributed by atoms with van der Waals surface area (Å²) in [7, 11) is -2.92. The summed E-state index contributed by atoms with van der Waals surface area (Å²) in [5.41, 5.74) is -1.30. The van der Waals surface area contributed by atoms with E-state index in [4.69, 9.17) is 5.21 Å². The molecule has 0 spiro atoms. The van der Waals surface area contributed by atoms with Gasteiger partial charge in [-0.3, -0.25) is 24.7 Å². The van der Waals surface area contributed by atoms with Gasteiger partial charge in [0.25, 0.3) is 11.8 Å². The molecule has 3 rings (SSSR count). The Bertz CT molecular complexity index is 1180. The maximum absolute atomic E-state index is 13.0. The van der Waals surface area contributed by atoms with Crippen LogP contribution in [0.4, 0.5) is 4.79 Å². The molecular weight excluding hydrogens is 452 g/mol. The van der Waals surface area contributed by atoms with E-state index in [1.165, 1.54) is 38.5 Å². The van der Waals surface area contributed by atoms with E-state index in [0.717, 1.165) is 16.0 Å². The van der Waals surface area contributed by atoms with Crippen LogP contribution in [0.15, 0.2) is 53.7 Å². The Hall–Kier alpha value is -3.35. The van der Waals surface area contributed by atoms with Gasteiger partial charge in [0, 0.05) is 19.4 Å². The van der Waals surface area contributed by atoms with Crippen molar-refractivity contribution in [3.63, 3.8) is 0 Å². The van der Waals surface area contributed by atoms with Crippen LogP contribution in [0.2, 0.25) is 0 Å². The molecule has 1 aliphatic rings. The largest absolute Gasteiger partial charge is 0.377 e. The van der Waals surface area contributed by atoms with Gasteiger partial charge in [-0.25, -0.2) is 18.7 Å². The number of hydroxylamine groups is 1. The highest BCUT2D eigenvalue weighted by molar-refractivity contribution is 7.91. The van der Waals surface area contributed by atoms with Crippen LogP contribution in [0.5, 0.6) is 0 Å². The van der Waals surface area contributed by atoms with E-state index in [1.54, 1.807) is 36.7 Å². The first-order valence-corrected chi connectivity index (χ1v) is 11.5. The Balaban J connectivity index is 1.90. The normalized spacial score (nSPS) is 17.7. The maximum atomic E-state index is 13.0. The van der Waals surface area contributed by atoms with Crippen molar-refractivity contribution in [1.82, 2.24) is 20.3 Å². The van der Waals surface area contributed by atoms with E-state index in [0.29, 0.717) is 4.90 Å². The third-order valence-electron chi connectivity index (χ3n) is 5.72. The first-order chi connectivity index (χ1) is 15.3. The van der Waals surface area contributed by atoms with Crippen molar-refractivity contribution in [1.29, 1.82) is 0 Å². The SMILES string of the molecule is CN1C(=O)N(CC(O)(CS(=O)(=O)c2ccc(-c3ccncc3)cc2)C(=O)NO)C(=O)C1(C)C. The second-order valence-electron chi connectivity index (χ2n) is 8.28. The fourth-order valence-electron chi connectivity index (χ4n) is 3.47. The van der Waals surface area contributed by atoms with E-state index in [1.807, 2.05) is 0 Å². The van der Waals surface area contributed by atoms with Gasteiger partial charge in [-0.2, -0.15) is 0 Å². The Morgan fingerprint density at radius 1 is 1.09 bits per heavy atom. The predicted molar refractivity (Wildman–Crippen MR) is 116 cm³/mol. The number of carbonyl (C=O) groups is 3. The third-order valence-corrected chi connectivity index (χ3v) is 7.57. The molecule has 0 saturated carbocycles. The van der Waals surface area contributed by atoms with Gasteiger partial charge in [0.2, 0.25) is 0 Å². The summed E-state index contributed by atoms with van der Waals surface area (Å²) in [4.78, 5) is 42.9. The minimum absolute atomic E-state index is 0.194. The molecule has 1 unspecified atom stereocenters. The molecule has 2 heterocycles. The first-order valence-electron chi connectivity index (χ1n) is 9.83. The van der Waals surface area contributed by atoms with Gasteiger partial charge in [0.05, 0.1) is 17.2 Å². The molecule has 3 N–H and O–H groups in total. The van der Waals surface area contributed by atoms with Gasteiger partial charge >= 0.3 is 6.03 Å². The van der Waals surface area contributed by atoms with Crippen LogP contribution in [-0.4, -0.2) is 81.8 Å². The number of hydrogen-bond donors (Lipinski definition) is 3. The smallest absolute Gasteiger partial charge is 0.327 e. The van der Waals surface area contributed by atoms with Gasteiger partial charge < -0.3 is 10.0 Å². The average molecular weight is 477 g/mol. The lowest BCUT2D eigenvalue weighted by Crippen LogP contribution is -2.58. The number of nitrogens with zero attached hydrogens (tertiary/aromatic N) is 3. The highest BCUT2D eigenvalue weighted by Gasteiger charge is 2.53. The summed E-state index contributed by atoms with van der Waals surface area (Å²) in [6.07, 6.45) is 3.18. The molecule has 176 valence electrons. The Morgan fingerprint density at radius 2 is 1.64 bits per heavy atom. The molecule has 1 aromatic heterocycles. The van der Waals surface area contributed by atoms with E-state index in [-0.39, 0.29) is 4.90 Å². The number of imide groups is 1. The van der Waals surface area contributed by atoms with Crippen molar-refractivity contribution in [2.75, 3.05) is 19.3 Å². The Labute approximate surface area is 190 Å². The number of urea groups is 1. The molecule has 4 amide bonds. The van der Waals surface area contributed by atoms with Gasteiger partial charge in [0.15, 0.2) is 15.4 Å². The minimum atomic E-state index is -4.29. The second kappa shape index (κ2) is 8.54. The zero-order chi connectivity index (χ0) is 24.6. The van der Waals surface area contributed by atoms with Crippen LogP contribution in [-0.2, 0) is 19.4 Å². The maximum Gasteiger partial charge on any atom is 0.327 e. The topological polar surface area (TPSA) is 157 Å². The van der Waals surface area contributed by atoms with Crippen molar-refractivity contribution in [3.8, 4) is 11.1 Å².